The molecular formula is C4H10ClF2N. The summed E-state index contributed by atoms with van der Waals surface area (Å²) in [5, 5.41) is 0. The summed E-state index contributed by atoms with van der Waals surface area (Å²) in [5.41, 5.74) is 4.87. The summed E-state index contributed by atoms with van der Waals surface area (Å²) < 4.78 is 22.6. The average molecular weight is 146 g/mol. The molecule has 0 amide bonds. The van der Waals surface area contributed by atoms with E-state index >= 15 is 0 Å². The van der Waals surface area contributed by atoms with E-state index in [2.05, 4.69) is 0 Å². The van der Waals surface area contributed by atoms with E-state index in [1.54, 1.807) is 6.92 Å². The van der Waals surface area contributed by atoms with Gasteiger partial charge in [-0.15, -0.1) is 12.4 Å². The van der Waals surface area contributed by atoms with Crippen LogP contribution < -0.4 is 5.73 Å². The average Bonchev–Trinajstić information content (AvgIpc) is 1.65. The number of hydrogen-bond donors (Lipinski definition) is 1. The van der Waals surface area contributed by atoms with Crippen LogP contribution in [0.4, 0.5) is 8.78 Å². The van der Waals surface area contributed by atoms with Gasteiger partial charge in [-0.2, -0.15) is 0 Å². The molecule has 0 aromatic carbocycles. The van der Waals surface area contributed by atoms with Gasteiger partial charge < -0.3 is 5.73 Å². The van der Waals surface area contributed by atoms with Crippen LogP contribution in [0.5, 0.6) is 0 Å². The lowest BCUT2D eigenvalue weighted by molar-refractivity contribution is 0.114. The van der Waals surface area contributed by atoms with Crippen LogP contribution in [0.3, 0.4) is 0 Å². The third-order valence-corrected chi connectivity index (χ3v) is 0.795. The lowest BCUT2D eigenvalue weighted by atomic mass is 10.3. The van der Waals surface area contributed by atoms with Crippen LogP contribution >= 0.6 is 12.4 Å². The Morgan fingerprint density at radius 2 is 1.88 bits per heavy atom. The molecule has 52 valence electrons. The zero-order valence-electron chi connectivity index (χ0n) is 4.60. The molecule has 0 spiro atoms. The van der Waals surface area contributed by atoms with Gasteiger partial charge in [0.25, 0.3) is 6.43 Å². The third kappa shape index (κ3) is 4.27. The Hall–Kier alpha value is 0.110. The van der Waals surface area contributed by atoms with E-state index in [1.165, 1.54) is 0 Å². The molecule has 0 radical (unpaired) electrons. The quantitative estimate of drug-likeness (QED) is 0.625. The number of rotatable bonds is 2. The molecule has 0 aromatic heterocycles. The summed E-state index contributed by atoms with van der Waals surface area (Å²) in [6, 6.07) is -0.931. The SMILES string of the molecule is CCC(N)C(F)F.Cl. The van der Waals surface area contributed by atoms with Crippen molar-refractivity contribution in [3.63, 3.8) is 0 Å². The molecule has 0 aliphatic carbocycles. The zero-order valence-corrected chi connectivity index (χ0v) is 5.42. The third-order valence-electron chi connectivity index (χ3n) is 0.795. The molecule has 0 bridgehead atoms. The molecule has 2 N–H and O–H groups in total. The maximum atomic E-state index is 11.3. The Balaban J connectivity index is 0. The maximum Gasteiger partial charge on any atom is 0.253 e. The second kappa shape index (κ2) is 5.25. The smallest absolute Gasteiger partial charge is 0.253 e. The van der Waals surface area contributed by atoms with E-state index in [9.17, 15) is 8.78 Å². The van der Waals surface area contributed by atoms with Crippen LogP contribution in [-0.4, -0.2) is 12.5 Å². The summed E-state index contributed by atoms with van der Waals surface area (Å²) in [5.74, 6) is 0. The monoisotopic (exact) mass is 145 g/mol. The van der Waals surface area contributed by atoms with E-state index in [0.717, 1.165) is 0 Å². The van der Waals surface area contributed by atoms with Gasteiger partial charge in [-0.05, 0) is 6.42 Å². The highest BCUT2D eigenvalue weighted by atomic mass is 35.5. The molecule has 0 aromatic rings. The van der Waals surface area contributed by atoms with Gasteiger partial charge >= 0.3 is 0 Å². The molecule has 0 heterocycles. The van der Waals surface area contributed by atoms with Crippen LogP contribution in [0.2, 0.25) is 0 Å². The largest absolute Gasteiger partial charge is 0.323 e. The van der Waals surface area contributed by atoms with Gasteiger partial charge in [0.1, 0.15) is 0 Å². The molecule has 0 aliphatic heterocycles. The predicted octanol–water partition coefficient (Wildman–Crippen LogP) is 1.41. The van der Waals surface area contributed by atoms with Crippen LogP contribution in [0.1, 0.15) is 13.3 Å². The number of halogens is 3. The minimum Gasteiger partial charge on any atom is -0.323 e. The van der Waals surface area contributed by atoms with Crippen molar-refractivity contribution in [2.45, 2.75) is 25.8 Å². The number of alkyl halides is 2. The highest BCUT2D eigenvalue weighted by molar-refractivity contribution is 5.85. The molecule has 1 nitrogen and oxygen atoms in total. The van der Waals surface area contributed by atoms with Crippen LogP contribution in [0.25, 0.3) is 0 Å². The van der Waals surface area contributed by atoms with Crippen LogP contribution in [-0.2, 0) is 0 Å². The van der Waals surface area contributed by atoms with Crippen molar-refractivity contribution in [1.29, 1.82) is 0 Å². The Labute approximate surface area is 53.7 Å². The van der Waals surface area contributed by atoms with Gasteiger partial charge in [-0.1, -0.05) is 6.92 Å². The summed E-state index contributed by atoms with van der Waals surface area (Å²) in [4.78, 5) is 0. The highest BCUT2D eigenvalue weighted by Gasteiger charge is 2.10. The van der Waals surface area contributed by atoms with Crippen molar-refractivity contribution in [3.05, 3.63) is 0 Å². The van der Waals surface area contributed by atoms with Crippen molar-refractivity contribution >= 4 is 12.4 Å². The normalized spacial score (nSPS) is 13.1. The summed E-state index contributed by atoms with van der Waals surface area (Å²) in [6.45, 7) is 1.64. The van der Waals surface area contributed by atoms with E-state index in [0.29, 0.717) is 6.42 Å². The van der Waals surface area contributed by atoms with Gasteiger partial charge in [0, 0.05) is 0 Å². The highest BCUT2D eigenvalue weighted by Crippen LogP contribution is 1.99. The molecular weight excluding hydrogens is 136 g/mol. The van der Waals surface area contributed by atoms with Gasteiger partial charge in [-0.3, -0.25) is 0 Å². The fourth-order valence-corrected chi connectivity index (χ4v) is 0.178. The molecule has 0 aliphatic rings. The van der Waals surface area contributed by atoms with E-state index in [-0.39, 0.29) is 12.4 Å². The number of nitrogens with two attached hydrogens (primary N) is 1. The Morgan fingerprint density at radius 3 is 1.88 bits per heavy atom. The fraction of sp³-hybridized carbons (Fsp3) is 1.00. The molecule has 4 heteroatoms. The molecule has 1 atom stereocenters. The molecule has 0 saturated heterocycles. The standard InChI is InChI=1S/C4H9F2N.ClH/c1-2-3(7)4(5)6;/h3-4H,2,7H2,1H3;1H. The van der Waals surface area contributed by atoms with Crippen molar-refractivity contribution in [1.82, 2.24) is 0 Å². The molecule has 8 heavy (non-hydrogen) atoms. The van der Waals surface area contributed by atoms with Gasteiger partial charge in [0.2, 0.25) is 0 Å². The Bertz CT molecular complexity index is 51.3. The van der Waals surface area contributed by atoms with Crippen molar-refractivity contribution in [3.8, 4) is 0 Å². The molecule has 0 saturated carbocycles. The van der Waals surface area contributed by atoms with Crippen molar-refractivity contribution in [2.75, 3.05) is 0 Å². The summed E-state index contributed by atoms with van der Waals surface area (Å²) >= 11 is 0. The predicted molar refractivity (Wildman–Crippen MR) is 31.5 cm³/mol. The van der Waals surface area contributed by atoms with E-state index in [4.69, 9.17) is 5.73 Å². The minimum absolute atomic E-state index is 0. The van der Waals surface area contributed by atoms with Gasteiger partial charge in [0.15, 0.2) is 0 Å². The second-order valence-corrected chi connectivity index (χ2v) is 1.41. The minimum atomic E-state index is -2.36. The van der Waals surface area contributed by atoms with Gasteiger partial charge in [-0.25, -0.2) is 8.78 Å². The zero-order chi connectivity index (χ0) is 5.86. The first-order valence-corrected chi connectivity index (χ1v) is 2.22. The lowest BCUT2D eigenvalue weighted by Crippen LogP contribution is -2.27. The Kier molecular flexibility index (Phi) is 7.21. The molecule has 0 fully saturated rings. The fourth-order valence-electron chi connectivity index (χ4n) is 0.178. The molecule has 1 unspecified atom stereocenters. The lowest BCUT2D eigenvalue weighted by Gasteiger charge is -2.03. The topological polar surface area (TPSA) is 26.0 Å². The Morgan fingerprint density at radius 1 is 1.50 bits per heavy atom. The maximum absolute atomic E-state index is 11.3. The van der Waals surface area contributed by atoms with Crippen LogP contribution in [0, 0.1) is 0 Å². The van der Waals surface area contributed by atoms with E-state index in [1.807, 2.05) is 0 Å². The number of hydrogen-bond acceptors (Lipinski definition) is 1. The summed E-state index contributed by atoms with van der Waals surface area (Å²) in [7, 11) is 0. The first-order valence-electron chi connectivity index (χ1n) is 2.22. The van der Waals surface area contributed by atoms with Crippen LogP contribution in [0.15, 0.2) is 0 Å². The summed E-state index contributed by atoms with van der Waals surface area (Å²) in [6.07, 6.45) is -2.01. The first kappa shape index (κ1) is 11.0. The second-order valence-electron chi connectivity index (χ2n) is 1.41. The van der Waals surface area contributed by atoms with Gasteiger partial charge in [0.05, 0.1) is 6.04 Å². The van der Waals surface area contributed by atoms with Crippen molar-refractivity contribution < 1.29 is 8.78 Å². The molecule has 0 rings (SSSR count). The van der Waals surface area contributed by atoms with Crippen molar-refractivity contribution in [2.24, 2.45) is 5.73 Å². The first-order chi connectivity index (χ1) is 3.18. The van der Waals surface area contributed by atoms with E-state index < -0.39 is 12.5 Å².